The lowest BCUT2D eigenvalue weighted by Gasteiger charge is -2.18. The van der Waals surface area contributed by atoms with Gasteiger partial charge in [0.15, 0.2) is 0 Å². The van der Waals surface area contributed by atoms with E-state index in [2.05, 4.69) is 9.47 Å². The molecule has 90 valence electrons. The summed E-state index contributed by atoms with van der Waals surface area (Å²) in [5.41, 5.74) is 0. The molecule has 0 radical (unpaired) electrons. The predicted molar refractivity (Wildman–Crippen MR) is 46.1 cm³/mol. The summed E-state index contributed by atoms with van der Waals surface area (Å²) in [6, 6.07) is 0. The molecule has 0 saturated carbocycles. The number of likely N-dealkylation sites (N-methyl/N-ethyl adjacent to an activating group) is 1. The number of methoxy groups -OCH3 is 1. The molecule has 0 spiro atoms. The first-order chi connectivity index (χ1) is 6.89. The number of esters is 1. The van der Waals surface area contributed by atoms with E-state index in [1.807, 2.05) is 0 Å². The second kappa shape index (κ2) is 6.62. The summed E-state index contributed by atoms with van der Waals surface area (Å²) in [7, 11) is 1.22. The van der Waals surface area contributed by atoms with Crippen molar-refractivity contribution in [1.82, 2.24) is 4.90 Å². The third-order valence-corrected chi connectivity index (χ3v) is 1.70. The fraction of sp³-hybridized carbons (Fsp3) is 0.875. The van der Waals surface area contributed by atoms with Crippen molar-refractivity contribution in [3.05, 3.63) is 0 Å². The minimum Gasteiger partial charge on any atom is -0.468 e. The Morgan fingerprint density at radius 3 is 2.40 bits per heavy atom. The summed E-state index contributed by atoms with van der Waals surface area (Å²) in [4.78, 5) is 12.3. The Kier molecular flexibility index (Phi) is 6.26. The van der Waals surface area contributed by atoms with Gasteiger partial charge in [0.1, 0.15) is 0 Å². The number of hydrogen-bond donors (Lipinski definition) is 0. The average molecular weight is 229 g/mol. The van der Waals surface area contributed by atoms with E-state index in [1.165, 1.54) is 12.0 Å². The van der Waals surface area contributed by atoms with Crippen molar-refractivity contribution >= 4 is 5.97 Å². The molecule has 0 fully saturated rings. The van der Waals surface area contributed by atoms with Crippen LogP contribution in [-0.4, -0.2) is 50.6 Å². The number of halogens is 3. The minimum atomic E-state index is -4.62. The third-order valence-electron chi connectivity index (χ3n) is 1.70. The van der Waals surface area contributed by atoms with Crippen LogP contribution in [0.4, 0.5) is 13.2 Å². The molecule has 0 aromatic carbocycles. The Hall–Kier alpha value is -0.820. The summed E-state index contributed by atoms with van der Waals surface area (Å²) in [5.74, 6) is -0.483. The van der Waals surface area contributed by atoms with E-state index in [0.717, 1.165) is 0 Å². The number of carbonyl (C=O) groups excluding carboxylic acids is 1. The van der Waals surface area contributed by atoms with E-state index in [1.54, 1.807) is 6.92 Å². The van der Waals surface area contributed by atoms with Crippen LogP contribution in [-0.2, 0) is 14.3 Å². The van der Waals surface area contributed by atoms with Crippen LogP contribution in [0.25, 0.3) is 0 Å². The topological polar surface area (TPSA) is 38.8 Å². The standard InChI is InChI=1S/C8H14F3NO3/c1-3-12(6-7(13)14-2)4-5-15-8(9,10)11/h3-6H2,1-2H3. The quantitative estimate of drug-likeness (QED) is 0.637. The van der Waals surface area contributed by atoms with Crippen LogP contribution in [0.2, 0.25) is 0 Å². The van der Waals surface area contributed by atoms with Crippen molar-refractivity contribution in [3.8, 4) is 0 Å². The lowest BCUT2D eigenvalue weighted by molar-refractivity contribution is -0.324. The van der Waals surface area contributed by atoms with Gasteiger partial charge in [0.05, 0.1) is 20.3 Å². The zero-order valence-electron chi connectivity index (χ0n) is 8.63. The Morgan fingerprint density at radius 2 is 2.00 bits per heavy atom. The molecule has 15 heavy (non-hydrogen) atoms. The molecule has 0 bridgehead atoms. The molecule has 0 atom stereocenters. The number of nitrogens with zero attached hydrogens (tertiary/aromatic N) is 1. The van der Waals surface area contributed by atoms with Crippen LogP contribution in [0.5, 0.6) is 0 Å². The summed E-state index contributed by atoms with van der Waals surface area (Å²) >= 11 is 0. The van der Waals surface area contributed by atoms with E-state index in [0.29, 0.717) is 6.54 Å². The van der Waals surface area contributed by atoms with Gasteiger partial charge in [-0.25, -0.2) is 0 Å². The first kappa shape index (κ1) is 14.2. The van der Waals surface area contributed by atoms with Gasteiger partial charge in [-0.1, -0.05) is 6.92 Å². The summed E-state index contributed by atoms with van der Waals surface area (Å²) < 4.78 is 42.8. The van der Waals surface area contributed by atoms with Crippen LogP contribution in [0.3, 0.4) is 0 Å². The molecular weight excluding hydrogens is 215 g/mol. The Bertz CT molecular complexity index is 196. The van der Waals surface area contributed by atoms with Crippen LogP contribution >= 0.6 is 0 Å². The van der Waals surface area contributed by atoms with Crippen LogP contribution in [0, 0.1) is 0 Å². The number of carbonyl (C=O) groups is 1. The van der Waals surface area contributed by atoms with E-state index >= 15 is 0 Å². The normalized spacial score (nSPS) is 11.9. The van der Waals surface area contributed by atoms with Crippen LogP contribution in [0.15, 0.2) is 0 Å². The first-order valence-corrected chi connectivity index (χ1v) is 4.39. The number of rotatable bonds is 6. The predicted octanol–water partition coefficient (Wildman–Crippen LogP) is 1.02. The van der Waals surface area contributed by atoms with Crippen LogP contribution in [0.1, 0.15) is 6.92 Å². The molecule has 0 unspecified atom stereocenters. The number of hydrogen-bond acceptors (Lipinski definition) is 4. The van der Waals surface area contributed by atoms with Crippen molar-refractivity contribution in [2.75, 3.05) is 33.4 Å². The molecule has 7 heteroatoms. The summed E-state index contributed by atoms with van der Waals surface area (Å²) in [6.07, 6.45) is -4.62. The highest BCUT2D eigenvalue weighted by Gasteiger charge is 2.28. The van der Waals surface area contributed by atoms with E-state index in [-0.39, 0.29) is 13.1 Å². The van der Waals surface area contributed by atoms with Gasteiger partial charge < -0.3 is 4.74 Å². The van der Waals surface area contributed by atoms with E-state index in [4.69, 9.17) is 0 Å². The molecule has 4 nitrogen and oxygen atoms in total. The fourth-order valence-corrected chi connectivity index (χ4v) is 0.887. The highest BCUT2D eigenvalue weighted by Crippen LogP contribution is 2.15. The molecule has 0 amide bonds. The summed E-state index contributed by atoms with van der Waals surface area (Å²) in [6.45, 7) is 1.69. The van der Waals surface area contributed by atoms with Gasteiger partial charge in [-0.2, -0.15) is 0 Å². The smallest absolute Gasteiger partial charge is 0.468 e. The fourth-order valence-electron chi connectivity index (χ4n) is 0.887. The van der Waals surface area contributed by atoms with E-state index in [9.17, 15) is 18.0 Å². The van der Waals surface area contributed by atoms with E-state index < -0.39 is 18.9 Å². The molecule has 0 aromatic rings. The Labute approximate surface area is 85.9 Å². The summed E-state index contributed by atoms with van der Waals surface area (Å²) in [5, 5.41) is 0. The monoisotopic (exact) mass is 229 g/mol. The maximum absolute atomic E-state index is 11.6. The molecule has 0 heterocycles. The van der Waals surface area contributed by atoms with Gasteiger partial charge >= 0.3 is 12.3 Å². The second-order valence-corrected chi connectivity index (χ2v) is 2.74. The second-order valence-electron chi connectivity index (χ2n) is 2.74. The maximum Gasteiger partial charge on any atom is 0.522 e. The molecule has 0 aliphatic heterocycles. The zero-order valence-corrected chi connectivity index (χ0v) is 8.63. The van der Waals surface area contributed by atoms with Gasteiger partial charge in [-0.05, 0) is 6.54 Å². The largest absolute Gasteiger partial charge is 0.522 e. The molecule has 0 rings (SSSR count). The van der Waals surface area contributed by atoms with Crippen molar-refractivity contribution in [3.63, 3.8) is 0 Å². The highest BCUT2D eigenvalue weighted by molar-refractivity contribution is 5.71. The van der Waals surface area contributed by atoms with Crippen molar-refractivity contribution in [2.45, 2.75) is 13.3 Å². The molecular formula is C8H14F3NO3. The van der Waals surface area contributed by atoms with Gasteiger partial charge in [0.25, 0.3) is 0 Å². The number of ether oxygens (including phenoxy) is 2. The van der Waals surface area contributed by atoms with Crippen molar-refractivity contribution < 1.29 is 27.4 Å². The lowest BCUT2D eigenvalue weighted by Crippen LogP contribution is -2.34. The maximum atomic E-state index is 11.6. The van der Waals surface area contributed by atoms with Gasteiger partial charge in [0.2, 0.25) is 0 Å². The third kappa shape index (κ3) is 8.19. The lowest BCUT2D eigenvalue weighted by atomic mass is 10.4. The Morgan fingerprint density at radius 1 is 1.40 bits per heavy atom. The van der Waals surface area contributed by atoms with Gasteiger partial charge in [-0.15, -0.1) is 13.2 Å². The highest BCUT2D eigenvalue weighted by atomic mass is 19.4. The zero-order chi connectivity index (χ0) is 11.9. The molecule has 0 saturated heterocycles. The minimum absolute atomic E-state index is 0.0328. The number of alkyl halides is 3. The molecule has 0 aromatic heterocycles. The van der Waals surface area contributed by atoms with Crippen molar-refractivity contribution in [1.29, 1.82) is 0 Å². The molecule has 0 aliphatic rings. The first-order valence-electron chi connectivity index (χ1n) is 4.39. The van der Waals surface area contributed by atoms with Crippen LogP contribution < -0.4 is 0 Å². The van der Waals surface area contributed by atoms with Crippen molar-refractivity contribution in [2.24, 2.45) is 0 Å². The SMILES string of the molecule is CCN(CCOC(F)(F)F)CC(=O)OC. The molecule has 0 N–H and O–H groups in total. The Balaban J connectivity index is 3.76. The molecule has 0 aliphatic carbocycles. The van der Waals surface area contributed by atoms with Gasteiger partial charge in [-0.3, -0.25) is 14.4 Å². The average Bonchev–Trinajstić information content (AvgIpc) is 2.14. The van der Waals surface area contributed by atoms with Gasteiger partial charge in [0, 0.05) is 6.54 Å².